The standard InChI is InChI=1S/C21H33N3O/c1-16(2)14-21(25)23-12-9-18(10-13-23)15-24-11-5-8-20(24)19-7-4-6-17(3)22-19/h4,6-7,16,18,20H,5,8-15H2,1-3H3/t20-/m1/s1. The highest BCUT2D eigenvalue weighted by Gasteiger charge is 2.31. The number of aromatic nitrogens is 1. The van der Waals surface area contributed by atoms with Gasteiger partial charge in [-0.15, -0.1) is 0 Å². The van der Waals surface area contributed by atoms with Gasteiger partial charge in [-0.2, -0.15) is 0 Å². The predicted octanol–water partition coefficient (Wildman–Crippen LogP) is 3.81. The van der Waals surface area contributed by atoms with Crippen molar-refractivity contribution in [3.05, 3.63) is 29.6 Å². The number of hydrogen-bond acceptors (Lipinski definition) is 3. The van der Waals surface area contributed by atoms with Crippen molar-refractivity contribution in [2.45, 2.75) is 58.9 Å². The Morgan fingerprint density at radius 3 is 2.64 bits per heavy atom. The van der Waals surface area contributed by atoms with E-state index in [9.17, 15) is 4.79 Å². The molecule has 0 radical (unpaired) electrons. The molecular formula is C21H33N3O. The lowest BCUT2D eigenvalue weighted by Crippen LogP contribution is -2.41. The van der Waals surface area contributed by atoms with Gasteiger partial charge < -0.3 is 4.90 Å². The highest BCUT2D eigenvalue weighted by molar-refractivity contribution is 5.76. The second kappa shape index (κ2) is 8.31. The topological polar surface area (TPSA) is 36.4 Å². The minimum absolute atomic E-state index is 0.344. The van der Waals surface area contributed by atoms with E-state index in [1.807, 2.05) is 0 Å². The summed E-state index contributed by atoms with van der Waals surface area (Å²) in [4.78, 5) is 21.7. The molecule has 3 heterocycles. The van der Waals surface area contributed by atoms with Crippen LogP contribution < -0.4 is 0 Å². The monoisotopic (exact) mass is 343 g/mol. The van der Waals surface area contributed by atoms with Crippen molar-refractivity contribution in [3.63, 3.8) is 0 Å². The van der Waals surface area contributed by atoms with E-state index in [4.69, 9.17) is 4.98 Å². The summed E-state index contributed by atoms with van der Waals surface area (Å²) in [5.74, 6) is 1.52. The quantitative estimate of drug-likeness (QED) is 0.816. The third-order valence-corrected chi connectivity index (χ3v) is 5.66. The lowest BCUT2D eigenvalue weighted by Gasteiger charge is -2.35. The van der Waals surface area contributed by atoms with Gasteiger partial charge >= 0.3 is 0 Å². The molecule has 2 aliphatic heterocycles. The first-order valence-corrected chi connectivity index (χ1v) is 9.98. The molecule has 1 aromatic rings. The molecule has 0 bridgehead atoms. The van der Waals surface area contributed by atoms with Crippen LogP contribution in [0.5, 0.6) is 0 Å². The smallest absolute Gasteiger partial charge is 0.222 e. The summed E-state index contributed by atoms with van der Waals surface area (Å²) in [7, 11) is 0. The number of hydrogen-bond donors (Lipinski definition) is 0. The number of rotatable bonds is 5. The molecule has 1 aromatic heterocycles. The average molecular weight is 344 g/mol. The van der Waals surface area contributed by atoms with Crippen LogP contribution in [0.15, 0.2) is 18.2 Å². The molecule has 0 N–H and O–H groups in total. The van der Waals surface area contributed by atoms with E-state index in [-0.39, 0.29) is 0 Å². The zero-order chi connectivity index (χ0) is 17.8. The van der Waals surface area contributed by atoms with Gasteiger partial charge in [-0.3, -0.25) is 14.7 Å². The van der Waals surface area contributed by atoms with Crippen LogP contribution in [0, 0.1) is 18.8 Å². The number of piperidine rings is 1. The fourth-order valence-corrected chi connectivity index (χ4v) is 4.30. The van der Waals surface area contributed by atoms with Crippen molar-refractivity contribution in [1.29, 1.82) is 0 Å². The van der Waals surface area contributed by atoms with Gasteiger partial charge in [0, 0.05) is 31.7 Å². The van der Waals surface area contributed by atoms with E-state index in [2.05, 4.69) is 48.8 Å². The second-order valence-electron chi connectivity index (χ2n) is 8.28. The number of pyridine rings is 1. The SMILES string of the molecule is Cc1cccc([C@H]2CCCN2CC2CCN(C(=O)CC(C)C)CC2)n1. The van der Waals surface area contributed by atoms with Gasteiger partial charge in [0.2, 0.25) is 5.91 Å². The minimum atomic E-state index is 0.344. The van der Waals surface area contributed by atoms with Gasteiger partial charge in [0.25, 0.3) is 0 Å². The van der Waals surface area contributed by atoms with Crippen LogP contribution in [0.4, 0.5) is 0 Å². The second-order valence-corrected chi connectivity index (χ2v) is 8.28. The Balaban J connectivity index is 1.52. The third kappa shape index (κ3) is 4.81. The maximum atomic E-state index is 12.2. The average Bonchev–Trinajstić information content (AvgIpc) is 3.03. The summed E-state index contributed by atoms with van der Waals surface area (Å²) >= 11 is 0. The van der Waals surface area contributed by atoms with Crippen molar-refractivity contribution in [1.82, 2.24) is 14.8 Å². The van der Waals surface area contributed by atoms with Crippen LogP contribution >= 0.6 is 0 Å². The molecule has 2 aliphatic rings. The van der Waals surface area contributed by atoms with Crippen LogP contribution in [0.2, 0.25) is 0 Å². The molecular weight excluding hydrogens is 310 g/mol. The Bertz CT molecular complexity index is 578. The molecule has 0 aromatic carbocycles. The molecule has 138 valence electrons. The highest BCUT2D eigenvalue weighted by Crippen LogP contribution is 2.33. The maximum absolute atomic E-state index is 12.2. The van der Waals surface area contributed by atoms with Gasteiger partial charge in [0.15, 0.2) is 0 Å². The molecule has 1 amide bonds. The van der Waals surface area contributed by atoms with E-state index in [1.54, 1.807) is 0 Å². The summed E-state index contributed by atoms with van der Waals surface area (Å²) in [6, 6.07) is 6.88. The molecule has 2 saturated heterocycles. The van der Waals surface area contributed by atoms with E-state index < -0.39 is 0 Å². The summed E-state index contributed by atoms with van der Waals surface area (Å²) < 4.78 is 0. The van der Waals surface area contributed by atoms with Crippen molar-refractivity contribution >= 4 is 5.91 Å². The van der Waals surface area contributed by atoms with Crippen LogP contribution in [0.1, 0.15) is 63.4 Å². The number of nitrogens with zero attached hydrogens (tertiary/aromatic N) is 3. The van der Waals surface area contributed by atoms with Crippen molar-refractivity contribution < 1.29 is 4.79 Å². The molecule has 0 unspecified atom stereocenters. The Morgan fingerprint density at radius 2 is 1.96 bits per heavy atom. The van der Waals surface area contributed by atoms with Crippen molar-refractivity contribution in [2.24, 2.45) is 11.8 Å². The number of amides is 1. The molecule has 2 fully saturated rings. The number of aryl methyl sites for hydroxylation is 1. The summed E-state index contributed by atoms with van der Waals surface area (Å²) in [5, 5.41) is 0. The Morgan fingerprint density at radius 1 is 1.20 bits per heavy atom. The van der Waals surface area contributed by atoms with E-state index >= 15 is 0 Å². The fourth-order valence-electron chi connectivity index (χ4n) is 4.30. The van der Waals surface area contributed by atoms with E-state index in [0.29, 0.717) is 30.2 Å². The Labute approximate surface area is 152 Å². The molecule has 0 saturated carbocycles. The van der Waals surface area contributed by atoms with Crippen molar-refractivity contribution in [2.75, 3.05) is 26.2 Å². The van der Waals surface area contributed by atoms with Crippen LogP contribution in [0.3, 0.4) is 0 Å². The maximum Gasteiger partial charge on any atom is 0.222 e. The Hall–Kier alpha value is -1.42. The minimum Gasteiger partial charge on any atom is -0.343 e. The lowest BCUT2D eigenvalue weighted by atomic mass is 9.95. The van der Waals surface area contributed by atoms with Gasteiger partial charge in [-0.25, -0.2) is 0 Å². The first-order chi connectivity index (χ1) is 12.0. The third-order valence-electron chi connectivity index (χ3n) is 5.66. The van der Waals surface area contributed by atoms with Gasteiger partial charge in [-0.1, -0.05) is 19.9 Å². The Kier molecular flexibility index (Phi) is 6.10. The molecule has 0 spiro atoms. The van der Waals surface area contributed by atoms with E-state index in [1.165, 1.54) is 25.1 Å². The number of likely N-dealkylation sites (tertiary alicyclic amines) is 2. The molecule has 1 atom stereocenters. The summed E-state index contributed by atoms with van der Waals surface area (Å²) in [5.41, 5.74) is 2.35. The molecule has 3 rings (SSSR count). The fraction of sp³-hybridized carbons (Fsp3) is 0.714. The number of carbonyl (C=O) groups excluding carboxylic acids is 1. The molecule has 4 nitrogen and oxygen atoms in total. The summed E-state index contributed by atoms with van der Waals surface area (Å²) in [6.07, 6.45) is 5.48. The molecule has 0 aliphatic carbocycles. The lowest BCUT2D eigenvalue weighted by molar-refractivity contribution is -0.133. The molecule has 25 heavy (non-hydrogen) atoms. The van der Waals surface area contributed by atoms with E-state index in [0.717, 1.165) is 38.2 Å². The highest BCUT2D eigenvalue weighted by atomic mass is 16.2. The van der Waals surface area contributed by atoms with Crippen LogP contribution in [0.25, 0.3) is 0 Å². The normalized spacial score (nSPS) is 22.7. The predicted molar refractivity (Wildman–Crippen MR) is 101 cm³/mol. The summed E-state index contributed by atoms with van der Waals surface area (Å²) in [6.45, 7) is 10.6. The van der Waals surface area contributed by atoms with Gasteiger partial charge in [-0.05, 0) is 63.1 Å². The zero-order valence-electron chi connectivity index (χ0n) is 16.1. The number of carbonyl (C=O) groups is 1. The van der Waals surface area contributed by atoms with Crippen LogP contribution in [-0.2, 0) is 4.79 Å². The van der Waals surface area contributed by atoms with Crippen LogP contribution in [-0.4, -0.2) is 46.9 Å². The first kappa shape index (κ1) is 18.4. The first-order valence-electron chi connectivity index (χ1n) is 9.98. The molecule has 4 heteroatoms. The largest absolute Gasteiger partial charge is 0.343 e. The van der Waals surface area contributed by atoms with Crippen molar-refractivity contribution in [3.8, 4) is 0 Å². The van der Waals surface area contributed by atoms with Gasteiger partial charge in [0.1, 0.15) is 0 Å². The zero-order valence-corrected chi connectivity index (χ0v) is 16.1. The van der Waals surface area contributed by atoms with Gasteiger partial charge in [0.05, 0.1) is 11.7 Å².